The van der Waals surface area contributed by atoms with E-state index < -0.39 is 11.8 Å². The van der Waals surface area contributed by atoms with Crippen LogP contribution in [0, 0.1) is 13.8 Å². The molecule has 0 spiro atoms. The van der Waals surface area contributed by atoms with Crippen molar-refractivity contribution in [2.45, 2.75) is 33.1 Å². The summed E-state index contributed by atoms with van der Waals surface area (Å²) in [5.41, 5.74) is 3.63. The summed E-state index contributed by atoms with van der Waals surface area (Å²) in [7, 11) is 0. The van der Waals surface area contributed by atoms with Gasteiger partial charge in [0, 0.05) is 30.0 Å². The lowest BCUT2D eigenvalue weighted by Gasteiger charge is -2.27. The molecular weight excluding hydrogens is 342 g/mol. The van der Waals surface area contributed by atoms with Gasteiger partial charge in [-0.25, -0.2) is 0 Å². The first-order valence-corrected chi connectivity index (χ1v) is 9.04. The number of nitrogens with zero attached hydrogens (tertiary/aromatic N) is 1. The van der Waals surface area contributed by atoms with E-state index in [1.165, 1.54) is 0 Å². The number of carbonyl (C=O) groups excluding carboxylic acids is 3. The van der Waals surface area contributed by atoms with Gasteiger partial charge in [0.2, 0.25) is 5.91 Å². The summed E-state index contributed by atoms with van der Waals surface area (Å²) in [5, 5.41) is 5.27. The molecule has 0 aromatic heterocycles. The molecule has 0 unspecified atom stereocenters. The third kappa shape index (κ3) is 4.34. The van der Waals surface area contributed by atoms with Gasteiger partial charge in [-0.2, -0.15) is 0 Å². The summed E-state index contributed by atoms with van der Waals surface area (Å²) in [5.74, 6) is -1.40. The van der Waals surface area contributed by atoms with Gasteiger partial charge in [0.15, 0.2) is 0 Å². The molecule has 2 aromatic carbocycles. The minimum atomic E-state index is -0.750. The maximum absolute atomic E-state index is 12.3. The molecule has 2 aromatic rings. The summed E-state index contributed by atoms with van der Waals surface area (Å²) in [6, 6.07) is 12.6. The van der Waals surface area contributed by atoms with Crippen molar-refractivity contribution >= 4 is 34.8 Å². The fourth-order valence-corrected chi connectivity index (χ4v) is 3.20. The fraction of sp³-hybridized carbons (Fsp3) is 0.286. The quantitative estimate of drug-likeness (QED) is 0.819. The Morgan fingerprint density at radius 3 is 2.30 bits per heavy atom. The molecule has 0 atom stereocenters. The van der Waals surface area contributed by atoms with Crippen LogP contribution in [-0.4, -0.2) is 24.3 Å². The summed E-state index contributed by atoms with van der Waals surface area (Å²) in [4.78, 5) is 38.4. The molecule has 1 fully saturated rings. The average Bonchev–Trinajstić information content (AvgIpc) is 2.65. The van der Waals surface area contributed by atoms with E-state index in [0.29, 0.717) is 24.3 Å². The maximum atomic E-state index is 12.3. The van der Waals surface area contributed by atoms with E-state index in [-0.39, 0.29) is 5.91 Å². The maximum Gasteiger partial charge on any atom is 0.314 e. The van der Waals surface area contributed by atoms with Crippen LogP contribution in [-0.2, 0) is 14.4 Å². The molecule has 6 nitrogen and oxygen atoms in total. The molecule has 0 radical (unpaired) electrons. The van der Waals surface area contributed by atoms with Crippen molar-refractivity contribution in [3.63, 3.8) is 0 Å². The fourth-order valence-electron chi connectivity index (χ4n) is 3.20. The average molecular weight is 365 g/mol. The Balaban J connectivity index is 1.69. The molecule has 27 heavy (non-hydrogen) atoms. The van der Waals surface area contributed by atoms with Crippen molar-refractivity contribution in [2.75, 3.05) is 22.1 Å². The number of anilines is 3. The van der Waals surface area contributed by atoms with Crippen molar-refractivity contribution in [2.24, 2.45) is 0 Å². The first-order valence-electron chi connectivity index (χ1n) is 9.04. The standard InChI is InChI=1S/C21H23N3O3/c1-14-7-5-8-15(2)19(14)23-21(27)20(26)22-16-9-6-10-17(13-16)24-12-4-3-11-18(24)25/h5-10,13H,3-4,11-12H2,1-2H3,(H,22,26)(H,23,27). The van der Waals surface area contributed by atoms with Crippen molar-refractivity contribution in [3.8, 4) is 0 Å². The molecule has 1 aliphatic heterocycles. The van der Waals surface area contributed by atoms with Crippen molar-refractivity contribution < 1.29 is 14.4 Å². The number of rotatable bonds is 3. The second kappa shape index (κ2) is 8.03. The number of aryl methyl sites for hydroxylation is 2. The predicted molar refractivity (Wildman–Crippen MR) is 106 cm³/mol. The Labute approximate surface area is 158 Å². The van der Waals surface area contributed by atoms with Gasteiger partial charge in [-0.1, -0.05) is 24.3 Å². The summed E-state index contributed by atoms with van der Waals surface area (Å²) in [6.45, 7) is 4.42. The van der Waals surface area contributed by atoms with E-state index in [1.54, 1.807) is 23.1 Å². The van der Waals surface area contributed by atoms with Crippen LogP contribution < -0.4 is 15.5 Å². The molecule has 0 bridgehead atoms. The molecule has 0 aliphatic carbocycles. The van der Waals surface area contributed by atoms with Gasteiger partial charge >= 0.3 is 11.8 Å². The summed E-state index contributed by atoms with van der Waals surface area (Å²) in [6.07, 6.45) is 2.40. The molecule has 3 rings (SSSR count). The van der Waals surface area contributed by atoms with E-state index in [9.17, 15) is 14.4 Å². The van der Waals surface area contributed by atoms with Gasteiger partial charge in [0.25, 0.3) is 0 Å². The lowest BCUT2D eigenvalue weighted by Crippen LogP contribution is -2.35. The number of amides is 3. The Bertz CT molecular complexity index is 872. The lowest BCUT2D eigenvalue weighted by atomic mass is 10.1. The van der Waals surface area contributed by atoms with Gasteiger partial charge in [-0.3, -0.25) is 14.4 Å². The predicted octanol–water partition coefficient (Wildman–Crippen LogP) is 3.40. The largest absolute Gasteiger partial charge is 0.318 e. The minimum Gasteiger partial charge on any atom is -0.318 e. The van der Waals surface area contributed by atoms with Gasteiger partial charge in [0.05, 0.1) is 0 Å². The molecule has 0 saturated carbocycles. The van der Waals surface area contributed by atoms with Crippen LogP contribution >= 0.6 is 0 Å². The summed E-state index contributed by atoms with van der Waals surface area (Å²) >= 11 is 0. The van der Waals surface area contributed by atoms with Crippen LogP contribution in [0.5, 0.6) is 0 Å². The number of benzene rings is 2. The van der Waals surface area contributed by atoms with Crippen molar-refractivity contribution in [3.05, 3.63) is 53.6 Å². The van der Waals surface area contributed by atoms with E-state index in [4.69, 9.17) is 0 Å². The first kappa shape index (κ1) is 18.6. The van der Waals surface area contributed by atoms with Crippen molar-refractivity contribution in [1.29, 1.82) is 0 Å². The smallest absolute Gasteiger partial charge is 0.314 e. The van der Waals surface area contributed by atoms with Gasteiger partial charge in [-0.15, -0.1) is 0 Å². The number of carbonyl (C=O) groups is 3. The zero-order chi connectivity index (χ0) is 19.4. The monoisotopic (exact) mass is 365 g/mol. The van der Waals surface area contributed by atoms with E-state index in [1.807, 2.05) is 38.1 Å². The van der Waals surface area contributed by atoms with Gasteiger partial charge in [-0.05, 0) is 56.0 Å². The van der Waals surface area contributed by atoms with Crippen LogP contribution in [0.3, 0.4) is 0 Å². The zero-order valence-electron chi connectivity index (χ0n) is 15.5. The number of hydrogen-bond acceptors (Lipinski definition) is 3. The number of hydrogen-bond donors (Lipinski definition) is 2. The number of piperidine rings is 1. The minimum absolute atomic E-state index is 0.0810. The molecule has 3 amide bonds. The Hall–Kier alpha value is -3.15. The SMILES string of the molecule is Cc1cccc(C)c1NC(=O)C(=O)Nc1cccc(N2CCCCC2=O)c1. The molecule has 1 heterocycles. The Morgan fingerprint density at radius 2 is 1.59 bits per heavy atom. The van der Waals surface area contributed by atoms with Crippen LogP contribution in [0.1, 0.15) is 30.4 Å². The highest BCUT2D eigenvalue weighted by Gasteiger charge is 2.21. The Morgan fingerprint density at radius 1 is 0.926 bits per heavy atom. The van der Waals surface area contributed by atoms with Crippen molar-refractivity contribution in [1.82, 2.24) is 0 Å². The second-order valence-corrected chi connectivity index (χ2v) is 6.73. The van der Waals surface area contributed by atoms with Gasteiger partial charge in [0.1, 0.15) is 0 Å². The summed E-state index contributed by atoms with van der Waals surface area (Å²) < 4.78 is 0. The van der Waals surface area contributed by atoms with Crippen LogP contribution in [0.2, 0.25) is 0 Å². The van der Waals surface area contributed by atoms with Crippen LogP contribution in [0.25, 0.3) is 0 Å². The third-order valence-electron chi connectivity index (χ3n) is 4.66. The molecule has 140 valence electrons. The van der Waals surface area contributed by atoms with Crippen LogP contribution in [0.15, 0.2) is 42.5 Å². The van der Waals surface area contributed by atoms with Gasteiger partial charge < -0.3 is 15.5 Å². The topological polar surface area (TPSA) is 78.5 Å². The lowest BCUT2D eigenvalue weighted by molar-refractivity contribution is -0.133. The highest BCUT2D eigenvalue weighted by atomic mass is 16.2. The van der Waals surface area contributed by atoms with Crippen LogP contribution in [0.4, 0.5) is 17.1 Å². The Kier molecular flexibility index (Phi) is 5.54. The van der Waals surface area contributed by atoms with E-state index in [0.717, 1.165) is 29.7 Å². The van der Waals surface area contributed by atoms with E-state index >= 15 is 0 Å². The van der Waals surface area contributed by atoms with E-state index in [2.05, 4.69) is 10.6 Å². The first-order chi connectivity index (χ1) is 13.0. The highest BCUT2D eigenvalue weighted by Crippen LogP contribution is 2.24. The third-order valence-corrected chi connectivity index (χ3v) is 4.66. The highest BCUT2D eigenvalue weighted by molar-refractivity contribution is 6.43. The second-order valence-electron chi connectivity index (χ2n) is 6.73. The number of para-hydroxylation sites is 1. The zero-order valence-corrected chi connectivity index (χ0v) is 15.5. The molecule has 1 saturated heterocycles. The number of nitrogens with one attached hydrogen (secondary N) is 2. The molecule has 6 heteroatoms. The molecular formula is C21H23N3O3. The molecule has 2 N–H and O–H groups in total. The molecule has 1 aliphatic rings. The normalized spacial score (nSPS) is 14.0.